The number of halogens is 1. The number of benzene rings is 1. The van der Waals surface area contributed by atoms with E-state index in [1.165, 1.54) is 12.3 Å². The first-order chi connectivity index (χ1) is 12.4. The molecule has 0 radical (unpaired) electrons. The van der Waals surface area contributed by atoms with Gasteiger partial charge in [0.15, 0.2) is 0 Å². The van der Waals surface area contributed by atoms with E-state index in [0.29, 0.717) is 48.9 Å². The molecule has 1 saturated heterocycles. The first kappa shape index (κ1) is 19.6. The fourth-order valence-corrected chi connectivity index (χ4v) is 2.83. The summed E-state index contributed by atoms with van der Waals surface area (Å²) in [5.41, 5.74) is 6.47. The normalized spacial score (nSPS) is 15.3. The maximum Gasteiger partial charge on any atom is 0.309 e. The fourth-order valence-electron chi connectivity index (χ4n) is 2.65. The van der Waals surface area contributed by atoms with Crippen molar-refractivity contribution in [2.24, 2.45) is 5.92 Å². The number of nitrogens with one attached hydrogen (secondary N) is 1. The van der Waals surface area contributed by atoms with Gasteiger partial charge in [0.1, 0.15) is 11.6 Å². The summed E-state index contributed by atoms with van der Waals surface area (Å²) >= 11 is 5.93. The Morgan fingerprint density at radius 3 is 2.73 bits per heavy atom. The number of nitrogens with zero attached hydrogens (tertiary/aromatic N) is 2. The Kier molecular flexibility index (Phi) is 6.87. The summed E-state index contributed by atoms with van der Waals surface area (Å²) in [7, 11) is 0. The molecule has 1 aliphatic heterocycles. The molecule has 1 fully saturated rings. The van der Waals surface area contributed by atoms with Gasteiger partial charge in [-0.25, -0.2) is 0 Å². The molecule has 0 atom stereocenters. The van der Waals surface area contributed by atoms with E-state index in [1.54, 1.807) is 19.1 Å². The van der Waals surface area contributed by atoms with E-state index >= 15 is 0 Å². The number of amides is 1. The SMILES string of the molecule is CCOC(=O)C1CCN(/C=C(/C#N)C(=O)Nc2ccc(N)c(Cl)c2)CC1. The molecule has 1 aliphatic rings. The zero-order chi connectivity index (χ0) is 19.1. The Balaban J connectivity index is 1.97. The molecule has 8 heteroatoms. The average molecular weight is 377 g/mol. The molecule has 1 aromatic rings. The van der Waals surface area contributed by atoms with Crippen molar-refractivity contribution in [1.82, 2.24) is 4.90 Å². The van der Waals surface area contributed by atoms with Crippen molar-refractivity contribution in [1.29, 1.82) is 5.26 Å². The van der Waals surface area contributed by atoms with Crippen molar-refractivity contribution in [2.75, 3.05) is 30.7 Å². The summed E-state index contributed by atoms with van der Waals surface area (Å²) in [6, 6.07) is 6.62. The molecule has 0 unspecified atom stereocenters. The van der Waals surface area contributed by atoms with Gasteiger partial charge in [-0.3, -0.25) is 9.59 Å². The minimum atomic E-state index is -0.527. The van der Waals surface area contributed by atoms with E-state index in [9.17, 15) is 14.9 Å². The molecule has 0 saturated carbocycles. The summed E-state index contributed by atoms with van der Waals surface area (Å²) in [6.07, 6.45) is 2.78. The van der Waals surface area contributed by atoms with Gasteiger partial charge in [-0.15, -0.1) is 0 Å². The van der Waals surface area contributed by atoms with Gasteiger partial charge in [0, 0.05) is 25.0 Å². The lowest BCUT2D eigenvalue weighted by molar-refractivity contribution is -0.149. The second kappa shape index (κ2) is 9.11. The number of nitrogen functional groups attached to an aromatic ring is 1. The van der Waals surface area contributed by atoms with Crippen LogP contribution < -0.4 is 11.1 Å². The number of rotatable bonds is 5. The number of carbonyl (C=O) groups excluding carboxylic acids is 2. The van der Waals surface area contributed by atoms with Crippen LogP contribution in [0.5, 0.6) is 0 Å². The number of anilines is 2. The molecular formula is C18H21ClN4O3. The average Bonchev–Trinajstić information content (AvgIpc) is 2.63. The van der Waals surface area contributed by atoms with Crippen LogP contribution in [0.15, 0.2) is 30.0 Å². The maximum atomic E-state index is 12.3. The van der Waals surface area contributed by atoms with Gasteiger partial charge in [0.25, 0.3) is 5.91 Å². The molecule has 0 aliphatic carbocycles. The van der Waals surface area contributed by atoms with Crippen molar-refractivity contribution in [2.45, 2.75) is 19.8 Å². The van der Waals surface area contributed by atoms with Gasteiger partial charge in [-0.05, 0) is 38.0 Å². The lowest BCUT2D eigenvalue weighted by Crippen LogP contribution is -2.34. The third-order valence-electron chi connectivity index (χ3n) is 4.08. The number of likely N-dealkylation sites (tertiary alicyclic amines) is 1. The number of ether oxygens (including phenoxy) is 1. The van der Waals surface area contributed by atoms with Crippen molar-refractivity contribution in [3.8, 4) is 6.07 Å². The fraction of sp³-hybridized carbons (Fsp3) is 0.389. The molecule has 26 heavy (non-hydrogen) atoms. The van der Waals surface area contributed by atoms with E-state index in [1.807, 2.05) is 11.0 Å². The highest BCUT2D eigenvalue weighted by Crippen LogP contribution is 2.23. The number of piperidine rings is 1. The summed E-state index contributed by atoms with van der Waals surface area (Å²) in [4.78, 5) is 25.9. The smallest absolute Gasteiger partial charge is 0.309 e. The molecule has 1 aromatic carbocycles. The summed E-state index contributed by atoms with van der Waals surface area (Å²) in [5, 5.41) is 12.2. The summed E-state index contributed by atoms with van der Waals surface area (Å²) < 4.78 is 5.03. The Morgan fingerprint density at radius 2 is 2.15 bits per heavy atom. The molecule has 2 rings (SSSR count). The van der Waals surface area contributed by atoms with E-state index < -0.39 is 5.91 Å². The third-order valence-corrected chi connectivity index (χ3v) is 4.41. The minimum absolute atomic E-state index is 0.0208. The molecule has 1 heterocycles. The Hall–Kier alpha value is -2.72. The number of esters is 1. The van der Waals surface area contributed by atoms with Gasteiger partial charge in [0.2, 0.25) is 0 Å². The van der Waals surface area contributed by atoms with Crippen LogP contribution in [0.25, 0.3) is 0 Å². The topological polar surface area (TPSA) is 108 Å². The van der Waals surface area contributed by atoms with Crippen LogP contribution in [0.3, 0.4) is 0 Å². The van der Waals surface area contributed by atoms with Gasteiger partial charge >= 0.3 is 5.97 Å². The van der Waals surface area contributed by atoms with Crippen LogP contribution in [0.1, 0.15) is 19.8 Å². The third kappa shape index (κ3) is 5.14. The number of hydrogen-bond donors (Lipinski definition) is 2. The molecule has 1 amide bonds. The van der Waals surface area contributed by atoms with Crippen molar-refractivity contribution in [3.05, 3.63) is 35.0 Å². The molecular weight excluding hydrogens is 356 g/mol. The first-order valence-electron chi connectivity index (χ1n) is 8.33. The number of nitriles is 1. The Labute approximate surface area is 157 Å². The summed E-state index contributed by atoms with van der Waals surface area (Å²) in [5.74, 6) is -0.841. The summed E-state index contributed by atoms with van der Waals surface area (Å²) in [6.45, 7) is 3.31. The monoisotopic (exact) mass is 376 g/mol. The van der Waals surface area contributed by atoms with Gasteiger partial charge in [0.05, 0.1) is 23.2 Å². The van der Waals surface area contributed by atoms with E-state index in [-0.39, 0.29) is 17.5 Å². The molecule has 138 valence electrons. The number of carbonyl (C=O) groups is 2. The zero-order valence-electron chi connectivity index (χ0n) is 14.5. The Morgan fingerprint density at radius 1 is 1.46 bits per heavy atom. The van der Waals surface area contributed by atoms with Gasteiger partial charge in [-0.1, -0.05) is 11.6 Å². The highest BCUT2D eigenvalue weighted by Gasteiger charge is 2.25. The van der Waals surface area contributed by atoms with E-state index in [0.717, 1.165) is 0 Å². The molecule has 0 bridgehead atoms. The molecule has 0 spiro atoms. The van der Waals surface area contributed by atoms with Crippen LogP contribution in [0, 0.1) is 17.2 Å². The number of hydrogen-bond acceptors (Lipinski definition) is 6. The van der Waals surface area contributed by atoms with Crippen LogP contribution in [-0.4, -0.2) is 36.5 Å². The zero-order valence-corrected chi connectivity index (χ0v) is 15.3. The first-order valence-corrected chi connectivity index (χ1v) is 8.71. The lowest BCUT2D eigenvalue weighted by atomic mass is 9.97. The van der Waals surface area contributed by atoms with Crippen molar-refractivity contribution in [3.63, 3.8) is 0 Å². The molecule has 0 aromatic heterocycles. The van der Waals surface area contributed by atoms with Crippen LogP contribution in [-0.2, 0) is 14.3 Å². The molecule has 3 N–H and O–H groups in total. The standard InChI is InChI=1S/C18H21ClN4O3/c1-2-26-18(25)12-5-7-23(8-6-12)11-13(10-20)17(24)22-14-3-4-16(21)15(19)9-14/h3-4,9,11-12H,2,5-8,21H2,1H3,(H,22,24)/b13-11-. The van der Waals surface area contributed by atoms with Crippen LogP contribution in [0.2, 0.25) is 5.02 Å². The van der Waals surface area contributed by atoms with Crippen molar-refractivity contribution < 1.29 is 14.3 Å². The Bertz CT molecular complexity index is 749. The predicted octanol–water partition coefficient (Wildman–Crippen LogP) is 2.54. The molecule has 7 nitrogen and oxygen atoms in total. The van der Waals surface area contributed by atoms with Crippen molar-refractivity contribution >= 4 is 34.9 Å². The minimum Gasteiger partial charge on any atom is -0.466 e. The van der Waals surface area contributed by atoms with E-state index in [4.69, 9.17) is 22.1 Å². The highest BCUT2D eigenvalue weighted by atomic mass is 35.5. The second-order valence-corrected chi connectivity index (χ2v) is 6.31. The quantitative estimate of drug-likeness (QED) is 0.354. The van der Waals surface area contributed by atoms with Gasteiger partial charge < -0.3 is 20.7 Å². The largest absolute Gasteiger partial charge is 0.466 e. The van der Waals surface area contributed by atoms with E-state index in [2.05, 4.69) is 5.32 Å². The predicted molar refractivity (Wildman–Crippen MR) is 99.1 cm³/mol. The van der Waals surface area contributed by atoms with Crippen LogP contribution in [0.4, 0.5) is 11.4 Å². The van der Waals surface area contributed by atoms with Crippen LogP contribution >= 0.6 is 11.6 Å². The number of nitrogens with two attached hydrogens (primary N) is 1. The van der Waals surface area contributed by atoms with Gasteiger partial charge in [-0.2, -0.15) is 5.26 Å². The highest BCUT2D eigenvalue weighted by molar-refractivity contribution is 6.33. The second-order valence-electron chi connectivity index (χ2n) is 5.91. The maximum absolute atomic E-state index is 12.3. The lowest BCUT2D eigenvalue weighted by Gasteiger charge is -2.30.